The summed E-state index contributed by atoms with van der Waals surface area (Å²) in [7, 11) is 0. The van der Waals surface area contributed by atoms with Crippen molar-refractivity contribution in [3.05, 3.63) is 29.8 Å². The molecule has 1 rings (SSSR count). The van der Waals surface area contributed by atoms with Crippen molar-refractivity contribution in [3.8, 4) is 5.75 Å². The van der Waals surface area contributed by atoms with Gasteiger partial charge in [0, 0.05) is 6.42 Å². The van der Waals surface area contributed by atoms with Crippen LogP contribution in [0.5, 0.6) is 5.75 Å². The van der Waals surface area contributed by atoms with E-state index in [0.717, 1.165) is 0 Å². The Hall–Kier alpha value is -1.05. The first-order valence-electron chi connectivity index (χ1n) is 3.61. The minimum atomic E-state index is -0.900. The molecule has 0 radical (unpaired) electrons. The van der Waals surface area contributed by atoms with Crippen LogP contribution in [0.25, 0.3) is 0 Å². The Morgan fingerprint density at radius 3 is 2.64 bits per heavy atom. The number of alkyl halides is 1. The summed E-state index contributed by atoms with van der Waals surface area (Å²) in [4.78, 5) is 0. The van der Waals surface area contributed by atoms with Gasteiger partial charge >= 0.3 is 0 Å². The SMILES string of the molecule is CC(F)Cc1ccccc1O. The van der Waals surface area contributed by atoms with Crippen LogP contribution in [-0.4, -0.2) is 11.3 Å². The van der Waals surface area contributed by atoms with Gasteiger partial charge in [0.05, 0.1) is 0 Å². The van der Waals surface area contributed by atoms with Crippen LogP contribution in [0.2, 0.25) is 0 Å². The molecule has 1 atom stereocenters. The van der Waals surface area contributed by atoms with Gasteiger partial charge in [0.15, 0.2) is 0 Å². The number of benzene rings is 1. The van der Waals surface area contributed by atoms with Crippen LogP contribution in [0.3, 0.4) is 0 Å². The Bertz CT molecular complexity index is 233. The zero-order valence-electron chi connectivity index (χ0n) is 6.42. The molecule has 0 bridgehead atoms. The van der Waals surface area contributed by atoms with Gasteiger partial charge in [-0.2, -0.15) is 0 Å². The van der Waals surface area contributed by atoms with E-state index in [2.05, 4.69) is 0 Å². The molecule has 60 valence electrons. The lowest BCUT2D eigenvalue weighted by Crippen LogP contribution is -1.97. The van der Waals surface area contributed by atoms with Gasteiger partial charge in [-0.3, -0.25) is 0 Å². The van der Waals surface area contributed by atoms with Crippen molar-refractivity contribution >= 4 is 0 Å². The lowest BCUT2D eigenvalue weighted by atomic mass is 10.1. The van der Waals surface area contributed by atoms with Crippen molar-refractivity contribution in [2.45, 2.75) is 19.5 Å². The highest BCUT2D eigenvalue weighted by Crippen LogP contribution is 2.17. The molecule has 0 amide bonds. The predicted octanol–water partition coefficient (Wildman–Crippen LogP) is 2.29. The van der Waals surface area contributed by atoms with Crippen molar-refractivity contribution in [2.24, 2.45) is 0 Å². The summed E-state index contributed by atoms with van der Waals surface area (Å²) >= 11 is 0. The third kappa shape index (κ3) is 2.22. The fraction of sp³-hybridized carbons (Fsp3) is 0.333. The van der Waals surface area contributed by atoms with E-state index < -0.39 is 6.17 Å². The summed E-state index contributed by atoms with van der Waals surface area (Å²) in [5.41, 5.74) is 0.669. The van der Waals surface area contributed by atoms with E-state index in [-0.39, 0.29) is 12.2 Å². The topological polar surface area (TPSA) is 20.2 Å². The van der Waals surface area contributed by atoms with Gasteiger partial charge in [0.2, 0.25) is 0 Å². The molecule has 1 aromatic rings. The van der Waals surface area contributed by atoms with Crippen molar-refractivity contribution in [3.63, 3.8) is 0 Å². The minimum Gasteiger partial charge on any atom is -0.508 e. The molecular weight excluding hydrogens is 143 g/mol. The van der Waals surface area contributed by atoms with E-state index in [4.69, 9.17) is 0 Å². The minimum absolute atomic E-state index is 0.178. The molecule has 2 heteroatoms. The standard InChI is InChI=1S/C9H11FO/c1-7(10)6-8-4-2-3-5-9(8)11/h2-5,7,11H,6H2,1H3. The summed E-state index contributed by atoms with van der Waals surface area (Å²) in [5.74, 6) is 0.178. The van der Waals surface area contributed by atoms with Crippen LogP contribution < -0.4 is 0 Å². The van der Waals surface area contributed by atoms with E-state index in [0.29, 0.717) is 5.56 Å². The summed E-state index contributed by atoms with van der Waals surface area (Å²) in [6.45, 7) is 1.48. The van der Waals surface area contributed by atoms with Crippen molar-refractivity contribution < 1.29 is 9.50 Å². The van der Waals surface area contributed by atoms with Gasteiger partial charge in [-0.15, -0.1) is 0 Å². The van der Waals surface area contributed by atoms with Crippen molar-refractivity contribution in [1.82, 2.24) is 0 Å². The quantitative estimate of drug-likeness (QED) is 0.693. The van der Waals surface area contributed by atoms with Crippen molar-refractivity contribution in [1.29, 1.82) is 0 Å². The number of para-hydroxylation sites is 1. The largest absolute Gasteiger partial charge is 0.508 e. The van der Waals surface area contributed by atoms with Crippen LogP contribution in [0.15, 0.2) is 24.3 Å². The summed E-state index contributed by atoms with van der Waals surface area (Å²) in [6.07, 6.45) is -0.615. The molecule has 0 saturated carbocycles. The fourth-order valence-electron chi connectivity index (χ4n) is 0.986. The average Bonchev–Trinajstić information content (AvgIpc) is 1.93. The number of phenols is 1. The highest BCUT2D eigenvalue weighted by molar-refractivity contribution is 5.32. The third-order valence-corrected chi connectivity index (χ3v) is 1.49. The Labute approximate surface area is 65.5 Å². The molecule has 0 spiro atoms. The van der Waals surface area contributed by atoms with E-state index in [1.165, 1.54) is 6.92 Å². The van der Waals surface area contributed by atoms with Gasteiger partial charge < -0.3 is 5.11 Å². The molecule has 1 N–H and O–H groups in total. The maximum Gasteiger partial charge on any atom is 0.118 e. The second-order valence-corrected chi connectivity index (χ2v) is 2.61. The first-order chi connectivity index (χ1) is 5.20. The van der Waals surface area contributed by atoms with E-state index in [1.807, 2.05) is 0 Å². The van der Waals surface area contributed by atoms with Crippen LogP contribution >= 0.6 is 0 Å². The van der Waals surface area contributed by atoms with Gasteiger partial charge in [0.25, 0.3) is 0 Å². The van der Waals surface area contributed by atoms with Crippen molar-refractivity contribution in [2.75, 3.05) is 0 Å². The lowest BCUT2D eigenvalue weighted by Gasteiger charge is -2.03. The molecule has 0 aliphatic heterocycles. The number of phenolic OH excluding ortho intramolecular Hbond substituents is 1. The number of hydrogen-bond donors (Lipinski definition) is 1. The Kier molecular flexibility index (Phi) is 2.47. The summed E-state index contributed by atoms with van der Waals surface area (Å²) in [6, 6.07) is 6.81. The monoisotopic (exact) mass is 154 g/mol. The van der Waals surface area contributed by atoms with Crippen LogP contribution in [-0.2, 0) is 6.42 Å². The highest BCUT2D eigenvalue weighted by atomic mass is 19.1. The Morgan fingerprint density at radius 2 is 2.09 bits per heavy atom. The van der Waals surface area contributed by atoms with Gasteiger partial charge in [0.1, 0.15) is 11.9 Å². The maximum absolute atomic E-state index is 12.5. The summed E-state index contributed by atoms with van der Waals surface area (Å²) < 4.78 is 12.5. The fourth-order valence-corrected chi connectivity index (χ4v) is 0.986. The number of hydrogen-bond acceptors (Lipinski definition) is 1. The van der Waals surface area contributed by atoms with E-state index in [1.54, 1.807) is 24.3 Å². The van der Waals surface area contributed by atoms with Gasteiger partial charge in [-0.05, 0) is 18.6 Å². The molecule has 1 unspecified atom stereocenters. The highest BCUT2D eigenvalue weighted by Gasteiger charge is 2.03. The Balaban J connectivity index is 2.78. The average molecular weight is 154 g/mol. The summed E-state index contributed by atoms with van der Waals surface area (Å²) in [5, 5.41) is 9.19. The molecule has 0 aromatic heterocycles. The first kappa shape index (κ1) is 8.05. The third-order valence-electron chi connectivity index (χ3n) is 1.49. The molecule has 0 aliphatic carbocycles. The number of rotatable bonds is 2. The molecule has 11 heavy (non-hydrogen) atoms. The second kappa shape index (κ2) is 3.37. The molecular formula is C9H11FO. The van der Waals surface area contributed by atoms with Crippen LogP contribution in [0.4, 0.5) is 4.39 Å². The lowest BCUT2D eigenvalue weighted by molar-refractivity contribution is 0.354. The first-order valence-corrected chi connectivity index (χ1v) is 3.61. The molecule has 0 saturated heterocycles. The van der Waals surface area contributed by atoms with E-state index in [9.17, 15) is 9.50 Å². The zero-order valence-corrected chi connectivity index (χ0v) is 6.42. The number of halogens is 1. The Morgan fingerprint density at radius 1 is 1.45 bits per heavy atom. The molecule has 0 aliphatic rings. The van der Waals surface area contributed by atoms with Gasteiger partial charge in [-0.1, -0.05) is 18.2 Å². The molecule has 0 fully saturated rings. The normalized spacial score (nSPS) is 12.9. The second-order valence-electron chi connectivity index (χ2n) is 2.61. The maximum atomic E-state index is 12.5. The van der Waals surface area contributed by atoms with Gasteiger partial charge in [-0.25, -0.2) is 4.39 Å². The molecule has 1 aromatic carbocycles. The van der Waals surface area contributed by atoms with Crippen LogP contribution in [0, 0.1) is 0 Å². The van der Waals surface area contributed by atoms with E-state index >= 15 is 0 Å². The molecule has 1 nitrogen and oxygen atoms in total. The molecule has 0 heterocycles. The smallest absolute Gasteiger partial charge is 0.118 e. The number of aromatic hydroxyl groups is 1. The predicted molar refractivity (Wildman–Crippen MR) is 42.4 cm³/mol. The van der Waals surface area contributed by atoms with Crippen LogP contribution in [0.1, 0.15) is 12.5 Å². The zero-order chi connectivity index (χ0) is 8.27.